The molecule has 0 saturated heterocycles. The summed E-state index contributed by atoms with van der Waals surface area (Å²) in [6.07, 6.45) is 1.05. The summed E-state index contributed by atoms with van der Waals surface area (Å²) in [7, 11) is 0. The number of rotatable bonds is 5. The molecule has 1 aromatic rings. The van der Waals surface area contributed by atoms with Gasteiger partial charge in [0.05, 0.1) is 12.1 Å². The Labute approximate surface area is 107 Å². The molecule has 0 aromatic carbocycles. The molecule has 4 heteroatoms. The molecule has 17 heavy (non-hydrogen) atoms. The first-order valence-electron chi connectivity index (χ1n) is 5.89. The fourth-order valence-corrected chi connectivity index (χ4v) is 2.12. The minimum atomic E-state index is -0.268. The van der Waals surface area contributed by atoms with Crippen LogP contribution in [0.4, 0.5) is 0 Å². The summed E-state index contributed by atoms with van der Waals surface area (Å²) < 4.78 is 5.40. The van der Waals surface area contributed by atoms with Gasteiger partial charge in [-0.2, -0.15) is 0 Å². The molecule has 1 amide bonds. The van der Waals surface area contributed by atoms with Gasteiger partial charge in [0.2, 0.25) is 5.91 Å². The highest BCUT2D eigenvalue weighted by molar-refractivity contribution is 7.11. The molecule has 0 bridgehead atoms. The zero-order valence-corrected chi connectivity index (χ0v) is 11.8. The van der Waals surface area contributed by atoms with Crippen LogP contribution in [0.3, 0.4) is 0 Å². The molecule has 0 aliphatic carbocycles. The Hall–Kier alpha value is -0.870. The van der Waals surface area contributed by atoms with Crippen LogP contribution < -0.4 is 5.32 Å². The molecule has 96 valence electrons. The lowest BCUT2D eigenvalue weighted by Crippen LogP contribution is -2.31. The number of nitrogens with one attached hydrogen (secondary N) is 1. The van der Waals surface area contributed by atoms with Gasteiger partial charge >= 0.3 is 0 Å². The van der Waals surface area contributed by atoms with E-state index >= 15 is 0 Å². The molecule has 0 unspecified atom stereocenters. The molecule has 1 rings (SSSR count). The van der Waals surface area contributed by atoms with Gasteiger partial charge in [-0.3, -0.25) is 4.79 Å². The first kappa shape index (κ1) is 14.2. The minimum Gasteiger partial charge on any atom is -0.366 e. The van der Waals surface area contributed by atoms with Crippen LogP contribution in [0.5, 0.6) is 0 Å². The molecular formula is C13H21NO2S. The molecule has 0 fully saturated rings. The molecule has 0 aliphatic rings. The van der Waals surface area contributed by atoms with Crippen molar-refractivity contribution in [3.05, 3.63) is 21.9 Å². The smallest absolute Gasteiger partial charge is 0.246 e. The Morgan fingerprint density at radius 1 is 1.35 bits per heavy atom. The number of carbonyl (C=O) groups is 1. The molecular weight excluding hydrogens is 234 g/mol. The number of hydrogen-bond acceptors (Lipinski definition) is 3. The Morgan fingerprint density at radius 3 is 2.53 bits per heavy atom. The molecule has 3 nitrogen and oxygen atoms in total. The summed E-state index contributed by atoms with van der Waals surface area (Å²) >= 11 is 1.74. The summed E-state index contributed by atoms with van der Waals surface area (Å²) in [6.45, 7) is 8.66. The highest BCUT2D eigenvalue weighted by atomic mass is 32.1. The highest BCUT2D eigenvalue weighted by Crippen LogP contribution is 2.16. The van der Waals surface area contributed by atoms with E-state index in [0.717, 1.165) is 6.42 Å². The van der Waals surface area contributed by atoms with Crippen molar-refractivity contribution in [2.24, 2.45) is 0 Å². The van der Waals surface area contributed by atoms with Crippen molar-refractivity contribution in [1.82, 2.24) is 5.32 Å². The summed E-state index contributed by atoms with van der Waals surface area (Å²) in [4.78, 5) is 14.0. The number of aryl methyl sites for hydroxylation is 1. The summed E-state index contributed by atoms with van der Waals surface area (Å²) in [5, 5.41) is 2.86. The van der Waals surface area contributed by atoms with E-state index in [4.69, 9.17) is 4.74 Å². The third-order valence-electron chi connectivity index (χ3n) is 2.16. The predicted octanol–water partition coefficient (Wildman–Crippen LogP) is 2.74. The Morgan fingerprint density at radius 2 is 2.00 bits per heavy atom. The van der Waals surface area contributed by atoms with Gasteiger partial charge in [-0.05, 0) is 39.3 Å². The Balaban J connectivity index is 2.28. The van der Waals surface area contributed by atoms with Crippen molar-refractivity contribution >= 4 is 17.2 Å². The number of hydrogen-bond donors (Lipinski definition) is 1. The summed E-state index contributed by atoms with van der Waals surface area (Å²) in [5.74, 6) is -0.0635. The van der Waals surface area contributed by atoms with Crippen molar-refractivity contribution in [1.29, 1.82) is 0 Å². The van der Waals surface area contributed by atoms with Gasteiger partial charge in [0.25, 0.3) is 0 Å². The maximum Gasteiger partial charge on any atom is 0.246 e. The largest absolute Gasteiger partial charge is 0.366 e. The van der Waals surface area contributed by atoms with Gasteiger partial charge in [-0.25, -0.2) is 0 Å². The lowest BCUT2D eigenvalue weighted by atomic mass is 10.2. The Bertz CT molecular complexity index is 366. The van der Waals surface area contributed by atoms with E-state index in [1.54, 1.807) is 11.3 Å². The van der Waals surface area contributed by atoms with E-state index in [2.05, 4.69) is 24.4 Å². The first-order valence-corrected chi connectivity index (χ1v) is 6.70. The SMILES string of the molecule is CCc1ccc(CNC(=O)COC(C)(C)C)s1. The second kappa shape index (κ2) is 6.17. The zero-order chi connectivity index (χ0) is 12.9. The van der Waals surface area contributed by atoms with Crippen LogP contribution in [0.2, 0.25) is 0 Å². The van der Waals surface area contributed by atoms with E-state index in [1.165, 1.54) is 9.75 Å². The standard InChI is InChI=1S/C13H21NO2S/c1-5-10-6-7-11(17-10)8-14-12(15)9-16-13(2,3)4/h6-7H,5,8-9H2,1-4H3,(H,14,15). The van der Waals surface area contributed by atoms with Crippen molar-refractivity contribution in [3.8, 4) is 0 Å². The van der Waals surface area contributed by atoms with Crippen LogP contribution in [-0.4, -0.2) is 18.1 Å². The van der Waals surface area contributed by atoms with E-state index < -0.39 is 0 Å². The van der Waals surface area contributed by atoms with Crippen molar-refractivity contribution in [2.75, 3.05) is 6.61 Å². The molecule has 1 heterocycles. The van der Waals surface area contributed by atoms with Crippen LogP contribution in [0.15, 0.2) is 12.1 Å². The van der Waals surface area contributed by atoms with E-state index in [9.17, 15) is 4.79 Å². The summed E-state index contributed by atoms with van der Waals surface area (Å²) in [6, 6.07) is 4.17. The normalized spacial score (nSPS) is 11.5. The van der Waals surface area contributed by atoms with Gasteiger partial charge in [-0.15, -0.1) is 11.3 Å². The topological polar surface area (TPSA) is 38.3 Å². The highest BCUT2D eigenvalue weighted by Gasteiger charge is 2.12. The minimum absolute atomic E-state index is 0.0635. The van der Waals surface area contributed by atoms with Crippen molar-refractivity contribution < 1.29 is 9.53 Å². The molecule has 0 radical (unpaired) electrons. The monoisotopic (exact) mass is 255 g/mol. The van der Waals surface area contributed by atoms with Gasteiger partial charge in [0, 0.05) is 9.75 Å². The van der Waals surface area contributed by atoms with Crippen molar-refractivity contribution in [2.45, 2.75) is 46.3 Å². The van der Waals surface area contributed by atoms with Crippen LogP contribution >= 0.6 is 11.3 Å². The third kappa shape index (κ3) is 5.84. The van der Waals surface area contributed by atoms with Gasteiger partial charge in [0.1, 0.15) is 6.61 Å². The summed E-state index contributed by atoms with van der Waals surface area (Å²) in [5.41, 5.74) is -0.268. The number of amides is 1. The lowest BCUT2D eigenvalue weighted by molar-refractivity contribution is -0.130. The maximum atomic E-state index is 11.5. The van der Waals surface area contributed by atoms with E-state index in [1.807, 2.05) is 20.8 Å². The predicted molar refractivity (Wildman–Crippen MR) is 71.2 cm³/mol. The molecule has 1 N–H and O–H groups in total. The van der Waals surface area contributed by atoms with Crippen LogP contribution in [0.25, 0.3) is 0 Å². The number of ether oxygens (including phenoxy) is 1. The second-order valence-electron chi connectivity index (χ2n) is 4.90. The zero-order valence-electron chi connectivity index (χ0n) is 11.0. The quantitative estimate of drug-likeness (QED) is 0.878. The molecule has 0 saturated carbocycles. The fraction of sp³-hybridized carbons (Fsp3) is 0.615. The second-order valence-corrected chi connectivity index (χ2v) is 6.15. The number of thiophene rings is 1. The first-order chi connectivity index (χ1) is 7.90. The van der Waals surface area contributed by atoms with Crippen LogP contribution in [0, 0.1) is 0 Å². The molecule has 1 aromatic heterocycles. The van der Waals surface area contributed by atoms with Crippen LogP contribution in [0.1, 0.15) is 37.4 Å². The van der Waals surface area contributed by atoms with Crippen molar-refractivity contribution in [3.63, 3.8) is 0 Å². The fourth-order valence-electron chi connectivity index (χ4n) is 1.23. The lowest BCUT2D eigenvalue weighted by Gasteiger charge is -2.18. The van der Waals surface area contributed by atoms with Gasteiger partial charge in [0.15, 0.2) is 0 Å². The average molecular weight is 255 g/mol. The van der Waals surface area contributed by atoms with Crippen LogP contribution in [-0.2, 0) is 22.5 Å². The average Bonchev–Trinajstić information content (AvgIpc) is 2.70. The van der Waals surface area contributed by atoms with E-state index in [-0.39, 0.29) is 18.1 Å². The molecule has 0 aliphatic heterocycles. The molecule has 0 spiro atoms. The number of carbonyl (C=O) groups excluding carboxylic acids is 1. The molecule has 0 atom stereocenters. The van der Waals surface area contributed by atoms with Gasteiger partial charge in [-0.1, -0.05) is 6.92 Å². The maximum absolute atomic E-state index is 11.5. The third-order valence-corrected chi connectivity index (χ3v) is 3.39. The van der Waals surface area contributed by atoms with E-state index in [0.29, 0.717) is 6.54 Å². The van der Waals surface area contributed by atoms with Gasteiger partial charge < -0.3 is 10.1 Å². The Kier molecular flexibility index (Phi) is 5.15.